The van der Waals surface area contributed by atoms with Crippen molar-refractivity contribution in [1.29, 1.82) is 0 Å². The molecular formula is C23H23N3O5S2. The first-order valence-corrected chi connectivity index (χ1v) is 11.3. The number of nitrogens with zero attached hydrogens (tertiary/aromatic N) is 3. The average molecular weight is 486 g/mol. The number of phenols is 1. The van der Waals surface area contributed by atoms with E-state index in [0.717, 1.165) is 10.5 Å². The molecule has 1 unspecified atom stereocenters. The fourth-order valence-corrected chi connectivity index (χ4v) is 5.12. The highest BCUT2D eigenvalue weighted by molar-refractivity contribution is 7.99. The number of rotatable bonds is 4. The first kappa shape index (κ1) is 22.9. The van der Waals surface area contributed by atoms with Crippen molar-refractivity contribution in [2.24, 2.45) is 19.1 Å². The zero-order valence-electron chi connectivity index (χ0n) is 18.5. The van der Waals surface area contributed by atoms with Crippen molar-refractivity contribution in [3.8, 4) is 23.1 Å². The number of hydrogen-bond acceptors (Lipinski definition) is 8. The molecule has 1 aromatic heterocycles. The maximum atomic E-state index is 13.1. The van der Waals surface area contributed by atoms with Crippen molar-refractivity contribution < 1.29 is 19.7 Å². The van der Waals surface area contributed by atoms with Crippen LogP contribution in [0.25, 0.3) is 0 Å². The lowest BCUT2D eigenvalue weighted by Crippen LogP contribution is -2.29. The summed E-state index contributed by atoms with van der Waals surface area (Å²) in [7, 11) is 6.12. The molecule has 3 aromatic rings. The molecule has 8 nitrogen and oxygen atoms in total. The van der Waals surface area contributed by atoms with Crippen LogP contribution in [0.4, 0.5) is 5.69 Å². The van der Waals surface area contributed by atoms with Crippen LogP contribution in [0, 0.1) is 4.77 Å². The molecule has 4 rings (SSSR count). The number of aliphatic imine (C=N–C) groups is 1. The summed E-state index contributed by atoms with van der Waals surface area (Å²) in [6.45, 7) is 0. The van der Waals surface area contributed by atoms with Crippen LogP contribution in [0.2, 0.25) is 0 Å². The number of aromatic hydroxyl groups is 2. The highest BCUT2D eigenvalue weighted by Crippen LogP contribution is 2.48. The van der Waals surface area contributed by atoms with Gasteiger partial charge in [0, 0.05) is 30.7 Å². The highest BCUT2D eigenvalue weighted by atomic mass is 32.2. The largest absolute Gasteiger partial charge is 0.502 e. The van der Waals surface area contributed by atoms with E-state index in [4.69, 9.17) is 26.7 Å². The van der Waals surface area contributed by atoms with Crippen molar-refractivity contribution in [3.63, 3.8) is 0 Å². The monoisotopic (exact) mass is 485 g/mol. The molecule has 0 bridgehead atoms. The maximum Gasteiger partial charge on any atom is 0.267 e. The zero-order valence-corrected chi connectivity index (χ0v) is 20.2. The van der Waals surface area contributed by atoms with Gasteiger partial charge in [0.1, 0.15) is 5.56 Å². The number of aromatic nitrogens is 2. The Kier molecular flexibility index (Phi) is 6.22. The normalized spacial score (nSPS) is 15.4. The molecule has 172 valence electrons. The molecular weight excluding hydrogens is 462 g/mol. The SMILES string of the molecule is COc1cc(C2CC(c3c(O)n(C)c(=S)n(C)c3=O)=Nc3ccccc3S2)cc(OC)c1O. The molecule has 1 atom stereocenters. The van der Waals surface area contributed by atoms with Crippen LogP contribution >= 0.6 is 24.0 Å². The topological polar surface area (TPSA) is 98.2 Å². The molecule has 2 N–H and O–H groups in total. The first-order chi connectivity index (χ1) is 15.8. The van der Waals surface area contributed by atoms with Crippen LogP contribution in [0.15, 0.2) is 51.1 Å². The van der Waals surface area contributed by atoms with Crippen molar-refractivity contribution in [2.75, 3.05) is 14.2 Å². The van der Waals surface area contributed by atoms with Gasteiger partial charge < -0.3 is 19.7 Å². The Labute approximate surface area is 199 Å². The molecule has 0 saturated heterocycles. The number of benzene rings is 2. The third kappa shape index (κ3) is 4.00. The minimum atomic E-state index is -0.418. The van der Waals surface area contributed by atoms with Crippen LogP contribution in [-0.2, 0) is 14.1 Å². The smallest absolute Gasteiger partial charge is 0.267 e. The lowest BCUT2D eigenvalue weighted by molar-refractivity contribution is 0.339. The lowest BCUT2D eigenvalue weighted by atomic mass is 10.0. The number of hydrogen-bond donors (Lipinski definition) is 2. The fraction of sp³-hybridized carbons (Fsp3) is 0.261. The van der Waals surface area contributed by atoms with Crippen LogP contribution < -0.4 is 15.0 Å². The van der Waals surface area contributed by atoms with Crippen LogP contribution in [0.1, 0.15) is 22.8 Å². The van der Waals surface area contributed by atoms with Crippen molar-refractivity contribution in [1.82, 2.24) is 9.13 Å². The van der Waals surface area contributed by atoms with Gasteiger partial charge >= 0.3 is 0 Å². The number of fused-ring (bicyclic) bond motifs is 1. The first-order valence-electron chi connectivity index (χ1n) is 10.0. The van der Waals surface area contributed by atoms with E-state index in [1.54, 1.807) is 38.0 Å². The number of para-hydroxylation sites is 1. The molecule has 0 saturated carbocycles. The number of methoxy groups -OCH3 is 2. The van der Waals surface area contributed by atoms with E-state index in [-0.39, 0.29) is 38.7 Å². The summed E-state index contributed by atoms with van der Waals surface area (Å²) in [6.07, 6.45) is 0.329. The van der Waals surface area contributed by atoms with Gasteiger partial charge in [0.2, 0.25) is 11.6 Å². The van der Waals surface area contributed by atoms with Crippen LogP contribution in [0.3, 0.4) is 0 Å². The predicted octanol–water partition coefficient (Wildman–Crippen LogP) is 4.24. The van der Waals surface area contributed by atoms with Crippen molar-refractivity contribution in [2.45, 2.75) is 16.6 Å². The third-order valence-electron chi connectivity index (χ3n) is 5.56. The van der Waals surface area contributed by atoms with Gasteiger partial charge in [-0.05, 0) is 42.0 Å². The zero-order chi connectivity index (χ0) is 23.9. The molecule has 10 heteroatoms. The van der Waals surface area contributed by atoms with E-state index in [2.05, 4.69) is 0 Å². The molecule has 2 aromatic carbocycles. The second-order valence-corrected chi connectivity index (χ2v) is 9.12. The molecule has 33 heavy (non-hydrogen) atoms. The Hall–Kier alpha value is -3.24. The van der Waals surface area contributed by atoms with Crippen LogP contribution in [0.5, 0.6) is 23.1 Å². The molecule has 1 aliphatic heterocycles. The summed E-state index contributed by atoms with van der Waals surface area (Å²) in [5, 5.41) is 21.0. The molecule has 2 heterocycles. The Morgan fingerprint density at radius 3 is 2.36 bits per heavy atom. The predicted molar refractivity (Wildman–Crippen MR) is 130 cm³/mol. The van der Waals surface area contributed by atoms with Crippen molar-refractivity contribution in [3.05, 3.63) is 62.6 Å². The summed E-state index contributed by atoms with van der Waals surface area (Å²) in [4.78, 5) is 18.8. The molecule has 0 amide bonds. The van der Waals surface area contributed by atoms with Gasteiger partial charge in [-0.25, -0.2) is 0 Å². The third-order valence-corrected chi connectivity index (χ3v) is 7.44. The van der Waals surface area contributed by atoms with E-state index < -0.39 is 5.56 Å². The maximum absolute atomic E-state index is 13.1. The second-order valence-electron chi connectivity index (χ2n) is 7.52. The quantitative estimate of drug-likeness (QED) is 0.534. The molecule has 0 spiro atoms. The Bertz CT molecular complexity index is 1370. The minimum absolute atomic E-state index is 0.0868. The van der Waals surface area contributed by atoms with Gasteiger partial charge in [-0.15, -0.1) is 11.8 Å². The number of ether oxygens (including phenoxy) is 2. The van der Waals surface area contributed by atoms with Gasteiger partial charge in [0.15, 0.2) is 16.3 Å². The number of thioether (sulfide) groups is 1. The standard InChI is InChI=1S/C23H23N3O5S2/c1-25-21(28)19(22(29)26(2)23(25)32)14-11-18(33-17-8-6-5-7-13(17)24-14)12-9-15(30-3)20(27)16(10-12)31-4/h5-10,18,27-28H,11H2,1-4H3. The Balaban J connectivity index is 1.94. The van der Waals surface area contributed by atoms with Gasteiger partial charge in [-0.3, -0.25) is 18.9 Å². The van der Waals surface area contributed by atoms with E-state index in [0.29, 0.717) is 17.8 Å². The molecule has 0 aliphatic carbocycles. The summed E-state index contributed by atoms with van der Waals surface area (Å²) in [5.74, 6) is 0.241. The van der Waals surface area contributed by atoms with Gasteiger partial charge in [0.05, 0.1) is 25.6 Å². The summed E-state index contributed by atoms with van der Waals surface area (Å²) in [5.41, 5.74) is 1.64. The molecule has 1 aliphatic rings. The van der Waals surface area contributed by atoms with Crippen molar-refractivity contribution >= 4 is 35.4 Å². The van der Waals surface area contributed by atoms with Crippen LogP contribution in [-0.4, -0.2) is 39.3 Å². The summed E-state index contributed by atoms with van der Waals surface area (Å²) < 4.78 is 13.6. The lowest BCUT2D eigenvalue weighted by Gasteiger charge is -2.19. The van der Waals surface area contributed by atoms with Gasteiger partial charge in [-0.1, -0.05) is 12.1 Å². The summed E-state index contributed by atoms with van der Waals surface area (Å²) in [6, 6.07) is 11.1. The van der Waals surface area contributed by atoms with E-state index >= 15 is 0 Å². The number of phenolic OH excluding ortho intramolecular Hbond substituents is 1. The fourth-order valence-electron chi connectivity index (χ4n) is 3.74. The van der Waals surface area contributed by atoms with E-state index in [1.807, 2.05) is 24.3 Å². The van der Waals surface area contributed by atoms with Gasteiger partial charge in [0.25, 0.3) is 5.56 Å². The second kappa shape index (κ2) is 8.95. The minimum Gasteiger partial charge on any atom is -0.502 e. The molecule has 0 radical (unpaired) electrons. The van der Waals surface area contributed by atoms with Gasteiger partial charge in [-0.2, -0.15) is 0 Å². The van der Waals surface area contributed by atoms with E-state index in [1.165, 1.54) is 23.4 Å². The highest BCUT2D eigenvalue weighted by Gasteiger charge is 2.28. The Morgan fingerprint density at radius 1 is 1.09 bits per heavy atom. The average Bonchev–Trinajstić information content (AvgIpc) is 3.01. The summed E-state index contributed by atoms with van der Waals surface area (Å²) >= 11 is 6.83. The Morgan fingerprint density at radius 2 is 1.73 bits per heavy atom. The van der Waals surface area contributed by atoms with E-state index in [9.17, 15) is 15.0 Å². The molecule has 0 fully saturated rings.